The third-order valence-corrected chi connectivity index (χ3v) is 3.13. The normalized spacial score (nSPS) is 10.4. The van der Waals surface area contributed by atoms with E-state index >= 15 is 0 Å². The van der Waals surface area contributed by atoms with Crippen molar-refractivity contribution in [2.45, 2.75) is 13.8 Å². The fraction of sp³-hybridized carbons (Fsp3) is 0.200. The maximum absolute atomic E-state index is 13.2. The Bertz CT molecular complexity index is 670. The van der Waals surface area contributed by atoms with Crippen molar-refractivity contribution < 1.29 is 9.18 Å². The topological polar surface area (TPSA) is 59.2 Å². The first-order valence-electron chi connectivity index (χ1n) is 6.16. The van der Waals surface area contributed by atoms with Gasteiger partial charge in [-0.05, 0) is 31.5 Å². The molecular weight excluding hydrogens is 257 g/mol. The van der Waals surface area contributed by atoms with Crippen molar-refractivity contribution in [2.75, 3.05) is 17.7 Å². The molecule has 0 saturated carbocycles. The van der Waals surface area contributed by atoms with Gasteiger partial charge in [-0.2, -0.15) is 0 Å². The molecule has 0 radical (unpaired) electrons. The fourth-order valence-corrected chi connectivity index (χ4v) is 2.09. The summed E-state index contributed by atoms with van der Waals surface area (Å²) in [7, 11) is 1.63. The van der Waals surface area contributed by atoms with Crippen LogP contribution in [0.3, 0.4) is 0 Å². The fourth-order valence-electron chi connectivity index (χ4n) is 2.09. The Labute approximate surface area is 117 Å². The Morgan fingerprint density at radius 3 is 2.65 bits per heavy atom. The standard InChI is InChI=1S/C15H16FN3O/c1-9-4-5-13(10(2)6-9)19(3)15(20)12-7-11(16)8-18-14(12)17/h4-8H,1-3H3,(H2,17,18). The van der Waals surface area contributed by atoms with Gasteiger partial charge in [-0.1, -0.05) is 17.7 Å². The van der Waals surface area contributed by atoms with Gasteiger partial charge in [0.15, 0.2) is 0 Å². The van der Waals surface area contributed by atoms with Crippen molar-refractivity contribution in [1.29, 1.82) is 0 Å². The van der Waals surface area contributed by atoms with Crippen LogP contribution in [0, 0.1) is 19.7 Å². The molecule has 2 rings (SSSR count). The summed E-state index contributed by atoms with van der Waals surface area (Å²) < 4.78 is 13.2. The molecule has 0 aliphatic carbocycles. The molecular formula is C15H16FN3O. The number of rotatable bonds is 2. The van der Waals surface area contributed by atoms with Crippen molar-refractivity contribution >= 4 is 17.4 Å². The molecule has 1 heterocycles. The molecule has 0 spiro atoms. The summed E-state index contributed by atoms with van der Waals surface area (Å²) in [4.78, 5) is 17.5. The Morgan fingerprint density at radius 1 is 1.30 bits per heavy atom. The molecule has 1 aromatic carbocycles. The van der Waals surface area contributed by atoms with Crippen LogP contribution in [0.2, 0.25) is 0 Å². The smallest absolute Gasteiger partial charge is 0.261 e. The van der Waals surface area contributed by atoms with Crippen LogP contribution in [0.25, 0.3) is 0 Å². The second-order valence-electron chi connectivity index (χ2n) is 4.74. The predicted octanol–water partition coefficient (Wildman–Crippen LogP) is 2.70. The van der Waals surface area contributed by atoms with Crippen LogP contribution in [-0.2, 0) is 0 Å². The predicted molar refractivity (Wildman–Crippen MR) is 77.3 cm³/mol. The number of anilines is 2. The van der Waals surface area contributed by atoms with Gasteiger partial charge in [0.2, 0.25) is 0 Å². The Kier molecular flexibility index (Phi) is 3.70. The molecule has 0 bridgehead atoms. The van der Waals surface area contributed by atoms with Crippen LogP contribution >= 0.6 is 0 Å². The highest BCUT2D eigenvalue weighted by Crippen LogP contribution is 2.23. The number of aromatic nitrogens is 1. The van der Waals surface area contributed by atoms with Crippen molar-refractivity contribution in [3.8, 4) is 0 Å². The van der Waals surface area contributed by atoms with Gasteiger partial charge in [0.05, 0.1) is 11.8 Å². The number of nitrogens with two attached hydrogens (primary N) is 1. The number of aryl methyl sites for hydroxylation is 2. The molecule has 1 aromatic heterocycles. The first kappa shape index (κ1) is 14.0. The maximum Gasteiger partial charge on any atom is 0.261 e. The Morgan fingerprint density at radius 2 is 2.00 bits per heavy atom. The van der Waals surface area contributed by atoms with E-state index in [0.717, 1.165) is 29.1 Å². The van der Waals surface area contributed by atoms with Gasteiger partial charge in [0.1, 0.15) is 11.6 Å². The number of hydrogen-bond acceptors (Lipinski definition) is 3. The van der Waals surface area contributed by atoms with Crippen LogP contribution in [-0.4, -0.2) is 17.9 Å². The van der Waals surface area contributed by atoms with E-state index in [0.29, 0.717) is 0 Å². The summed E-state index contributed by atoms with van der Waals surface area (Å²) in [5.74, 6) is -0.953. The van der Waals surface area contributed by atoms with Crippen LogP contribution < -0.4 is 10.6 Å². The molecule has 4 nitrogen and oxygen atoms in total. The molecule has 0 aliphatic rings. The van der Waals surface area contributed by atoms with Gasteiger partial charge < -0.3 is 10.6 Å². The third kappa shape index (κ3) is 2.61. The average Bonchev–Trinajstić information content (AvgIpc) is 2.40. The first-order valence-corrected chi connectivity index (χ1v) is 6.16. The largest absolute Gasteiger partial charge is 0.383 e. The highest BCUT2D eigenvalue weighted by atomic mass is 19.1. The number of nitrogens with zero attached hydrogens (tertiary/aromatic N) is 2. The lowest BCUT2D eigenvalue weighted by Crippen LogP contribution is -2.28. The summed E-state index contributed by atoms with van der Waals surface area (Å²) in [5, 5.41) is 0. The highest BCUT2D eigenvalue weighted by molar-refractivity contribution is 6.08. The van der Waals surface area contributed by atoms with Crippen LogP contribution in [0.1, 0.15) is 21.5 Å². The number of benzene rings is 1. The molecule has 104 valence electrons. The molecule has 20 heavy (non-hydrogen) atoms. The average molecular weight is 273 g/mol. The first-order chi connectivity index (χ1) is 9.40. The van der Waals surface area contributed by atoms with Crippen molar-refractivity contribution in [1.82, 2.24) is 4.98 Å². The van der Waals surface area contributed by atoms with Gasteiger partial charge in [-0.15, -0.1) is 0 Å². The van der Waals surface area contributed by atoms with E-state index in [9.17, 15) is 9.18 Å². The molecule has 0 aliphatic heterocycles. The molecule has 0 saturated heterocycles. The van der Waals surface area contributed by atoms with Crippen LogP contribution in [0.15, 0.2) is 30.5 Å². The molecule has 0 atom stereocenters. The minimum Gasteiger partial charge on any atom is -0.383 e. The molecule has 2 aromatic rings. The van der Waals surface area contributed by atoms with E-state index in [1.54, 1.807) is 7.05 Å². The van der Waals surface area contributed by atoms with Gasteiger partial charge in [-0.25, -0.2) is 9.37 Å². The van der Waals surface area contributed by atoms with E-state index in [1.807, 2.05) is 32.0 Å². The van der Waals surface area contributed by atoms with E-state index in [1.165, 1.54) is 4.90 Å². The minimum atomic E-state index is -0.587. The molecule has 2 N–H and O–H groups in total. The summed E-state index contributed by atoms with van der Waals surface area (Å²) >= 11 is 0. The van der Waals surface area contributed by atoms with Gasteiger partial charge in [0, 0.05) is 12.7 Å². The van der Waals surface area contributed by atoms with E-state index < -0.39 is 5.82 Å². The molecule has 0 unspecified atom stereocenters. The zero-order chi connectivity index (χ0) is 14.9. The number of hydrogen-bond donors (Lipinski definition) is 1. The third-order valence-electron chi connectivity index (χ3n) is 3.13. The SMILES string of the molecule is Cc1ccc(N(C)C(=O)c2cc(F)cnc2N)c(C)c1. The Balaban J connectivity index is 2.40. The highest BCUT2D eigenvalue weighted by Gasteiger charge is 2.19. The number of nitrogen functional groups attached to an aromatic ring is 1. The summed E-state index contributed by atoms with van der Waals surface area (Å²) in [5.41, 5.74) is 8.53. The lowest BCUT2D eigenvalue weighted by Gasteiger charge is -2.20. The lowest BCUT2D eigenvalue weighted by molar-refractivity contribution is 0.0993. The number of carbonyl (C=O) groups is 1. The summed E-state index contributed by atoms with van der Waals surface area (Å²) in [6.45, 7) is 3.90. The summed E-state index contributed by atoms with van der Waals surface area (Å²) in [6.07, 6.45) is 0.989. The second kappa shape index (κ2) is 5.28. The van der Waals surface area contributed by atoms with Crippen LogP contribution in [0.4, 0.5) is 15.9 Å². The van der Waals surface area contributed by atoms with Gasteiger partial charge in [-0.3, -0.25) is 4.79 Å². The number of amides is 1. The van der Waals surface area contributed by atoms with E-state index in [-0.39, 0.29) is 17.3 Å². The number of carbonyl (C=O) groups excluding carboxylic acids is 1. The Hall–Kier alpha value is -2.43. The quantitative estimate of drug-likeness (QED) is 0.915. The zero-order valence-corrected chi connectivity index (χ0v) is 11.6. The zero-order valence-electron chi connectivity index (χ0n) is 11.6. The number of pyridine rings is 1. The number of halogens is 1. The van der Waals surface area contributed by atoms with Crippen molar-refractivity contribution in [3.63, 3.8) is 0 Å². The van der Waals surface area contributed by atoms with Crippen LogP contribution in [0.5, 0.6) is 0 Å². The molecule has 0 fully saturated rings. The van der Waals surface area contributed by atoms with E-state index in [4.69, 9.17) is 5.73 Å². The molecule has 5 heteroatoms. The second-order valence-corrected chi connectivity index (χ2v) is 4.74. The van der Waals surface area contributed by atoms with Crippen molar-refractivity contribution in [3.05, 3.63) is 53.0 Å². The lowest BCUT2D eigenvalue weighted by atomic mass is 10.1. The minimum absolute atomic E-state index is 0.0213. The van der Waals surface area contributed by atoms with E-state index in [2.05, 4.69) is 4.98 Å². The maximum atomic E-state index is 13.2. The van der Waals surface area contributed by atoms with Crippen molar-refractivity contribution in [2.24, 2.45) is 0 Å². The monoisotopic (exact) mass is 273 g/mol. The molecule has 1 amide bonds. The summed E-state index contributed by atoms with van der Waals surface area (Å²) in [6, 6.07) is 6.85. The van der Waals surface area contributed by atoms with Gasteiger partial charge >= 0.3 is 0 Å². The van der Waals surface area contributed by atoms with Gasteiger partial charge in [0.25, 0.3) is 5.91 Å².